The summed E-state index contributed by atoms with van der Waals surface area (Å²) in [6.45, 7) is 1.92. The van der Waals surface area contributed by atoms with Gasteiger partial charge in [0.1, 0.15) is 11.3 Å². The molecule has 0 amide bonds. The second-order valence-corrected chi connectivity index (χ2v) is 3.05. The van der Waals surface area contributed by atoms with Crippen LogP contribution >= 0.6 is 0 Å². The van der Waals surface area contributed by atoms with Gasteiger partial charge in [0.15, 0.2) is 5.76 Å². The molecule has 0 unspecified atom stereocenters. The molecule has 2 aromatic rings. The second-order valence-electron chi connectivity index (χ2n) is 3.05. The van der Waals surface area contributed by atoms with Gasteiger partial charge in [-0.3, -0.25) is 0 Å². The van der Waals surface area contributed by atoms with Gasteiger partial charge in [-0.05, 0) is 18.6 Å². The molecule has 0 bridgehead atoms. The quantitative estimate of drug-likeness (QED) is 0.448. The third kappa shape index (κ3) is 1.37. The minimum absolute atomic E-state index is 0.571. The summed E-state index contributed by atoms with van der Waals surface area (Å²) in [4.78, 5) is 0. The van der Waals surface area contributed by atoms with Gasteiger partial charge in [0, 0.05) is 5.39 Å². The van der Waals surface area contributed by atoms with Crippen molar-refractivity contribution in [2.75, 3.05) is 0 Å². The zero-order valence-electron chi connectivity index (χ0n) is 7.90. The molecule has 0 radical (unpaired) electrons. The summed E-state index contributed by atoms with van der Waals surface area (Å²) >= 11 is 0. The SMILES string of the molecule is CC/C(=N/O)c1cc2ccccc2o1. The number of furan rings is 1. The molecule has 0 aliphatic heterocycles. The van der Waals surface area contributed by atoms with E-state index in [1.807, 2.05) is 37.3 Å². The van der Waals surface area contributed by atoms with E-state index in [-0.39, 0.29) is 0 Å². The largest absolute Gasteiger partial charge is 0.455 e. The Balaban J connectivity index is 2.55. The Morgan fingerprint density at radius 2 is 2.21 bits per heavy atom. The Labute approximate surface area is 81.6 Å². The second kappa shape index (κ2) is 3.54. The summed E-state index contributed by atoms with van der Waals surface area (Å²) in [5.74, 6) is 0.635. The fraction of sp³-hybridized carbons (Fsp3) is 0.182. The standard InChI is InChI=1S/C11H11NO2/c1-2-9(12-13)11-7-8-5-3-4-6-10(8)14-11/h3-7,13H,2H2,1H3/b12-9-. The first-order valence-corrected chi connectivity index (χ1v) is 4.55. The normalized spacial score (nSPS) is 12.2. The van der Waals surface area contributed by atoms with Gasteiger partial charge in [-0.2, -0.15) is 0 Å². The van der Waals surface area contributed by atoms with E-state index in [0.717, 1.165) is 11.0 Å². The fourth-order valence-electron chi connectivity index (χ4n) is 1.42. The average molecular weight is 189 g/mol. The lowest BCUT2D eigenvalue weighted by molar-refractivity contribution is 0.317. The van der Waals surface area contributed by atoms with Crippen LogP contribution < -0.4 is 0 Å². The van der Waals surface area contributed by atoms with Crippen molar-refractivity contribution >= 4 is 16.7 Å². The number of para-hydroxylation sites is 1. The molecule has 14 heavy (non-hydrogen) atoms. The van der Waals surface area contributed by atoms with E-state index in [9.17, 15) is 0 Å². The molecule has 1 aromatic carbocycles. The molecule has 0 aliphatic rings. The van der Waals surface area contributed by atoms with Crippen LogP contribution in [0.15, 0.2) is 39.9 Å². The number of hydrogen-bond acceptors (Lipinski definition) is 3. The number of rotatable bonds is 2. The number of benzene rings is 1. The minimum Gasteiger partial charge on any atom is -0.455 e. The fourth-order valence-corrected chi connectivity index (χ4v) is 1.42. The highest BCUT2D eigenvalue weighted by Gasteiger charge is 2.08. The Hall–Kier alpha value is -1.77. The molecule has 72 valence electrons. The van der Waals surface area contributed by atoms with E-state index >= 15 is 0 Å². The van der Waals surface area contributed by atoms with Gasteiger partial charge in [-0.25, -0.2) is 0 Å². The minimum atomic E-state index is 0.571. The van der Waals surface area contributed by atoms with Crippen molar-refractivity contribution < 1.29 is 9.62 Å². The van der Waals surface area contributed by atoms with Crippen LogP contribution in [-0.4, -0.2) is 10.9 Å². The maximum absolute atomic E-state index is 8.73. The predicted molar refractivity (Wildman–Crippen MR) is 54.8 cm³/mol. The Morgan fingerprint density at radius 1 is 1.43 bits per heavy atom. The Morgan fingerprint density at radius 3 is 2.86 bits per heavy atom. The van der Waals surface area contributed by atoms with Crippen molar-refractivity contribution in [1.29, 1.82) is 0 Å². The molecular weight excluding hydrogens is 178 g/mol. The third-order valence-corrected chi connectivity index (χ3v) is 2.17. The van der Waals surface area contributed by atoms with Crippen molar-refractivity contribution in [3.05, 3.63) is 36.1 Å². The smallest absolute Gasteiger partial charge is 0.152 e. The Kier molecular flexibility index (Phi) is 2.23. The molecule has 3 heteroatoms. The van der Waals surface area contributed by atoms with Gasteiger partial charge in [-0.1, -0.05) is 30.3 Å². The van der Waals surface area contributed by atoms with Crippen LogP contribution in [0.2, 0.25) is 0 Å². The van der Waals surface area contributed by atoms with Crippen LogP contribution in [0, 0.1) is 0 Å². The topological polar surface area (TPSA) is 45.7 Å². The molecule has 2 rings (SSSR count). The van der Waals surface area contributed by atoms with Crippen molar-refractivity contribution in [2.24, 2.45) is 5.16 Å². The van der Waals surface area contributed by atoms with Crippen molar-refractivity contribution in [3.8, 4) is 0 Å². The lowest BCUT2D eigenvalue weighted by Gasteiger charge is -1.93. The molecule has 1 aromatic heterocycles. The first kappa shape index (κ1) is 8.81. The number of nitrogens with zero attached hydrogens (tertiary/aromatic N) is 1. The van der Waals surface area contributed by atoms with Crippen LogP contribution in [0.4, 0.5) is 0 Å². The first-order chi connectivity index (χ1) is 6.85. The molecular formula is C11H11NO2. The zero-order valence-corrected chi connectivity index (χ0v) is 7.90. The summed E-state index contributed by atoms with van der Waals surface area (Å²) < 4.78 is 5.52. The van der Waals surface area contributed by atoms with Gasteiger partial charge >= 0.3 is 0 Å². The lowest BCUT2D eigenvalue weighted by atomic mass is 10.2. The van der Waals surface area contributed by atoms with Gasteiger partial charge in [0.05, 0.1) is 0 Å². The van der Waals surface area contributed by atoms with Gasteiger partial charge < -0.3 is 9.62 Å². The maximum atomic E-state index is 8.73. The number of fused-ring (bicyclic) bond motifs is 1. The molecule has 0 saturated carbocycles. The molecule has 3 nitrogen and oxygen atoms in total. The van der Waals surface area contributed by atoms with E-state index in [1.54, 1.807) is 0 Å². The molecule has 0 saturated heterocycles. The van der Waals surface area contributed by atoms with E-state index < -0.39 is 0 Å². The van der Waals surface area contributed by atoms with Crippen LogP contribution in [-0.2, 0) is 0 Å². The highest BCUT2D eigenvalue weighted by molar-refractivity contribution is 6.00. The number of oxime groups is 1. The van der Waals surface area contributed by atoms with E-state index in [1.165, 1.54) is 0 Å². The maximum Gasteiger partial charge on any atom is 0.152 e. The zero-order chi connectivity index (χ0) is 9.97. The molecule has 1 heterocycles. The molecule has 0 spiro atoms. The lowest BCUT2D eigenvalue weighted by Crippen LogP contribution is -1.95. The third-order valence-electron chi connectivity index (χ3n) is 2.17. The number of hydrogen-bond donors (Lipinski definition) is 1. The van der Waals surface area contributed by atoms with Crippen LogP contribution in [0.1, 0.15) is 19.1 Å². The van der Waals surface area contributed by atoms with E-state index in [2.05, 4.69) is 5.16 Å². The summed E-state index contributed by atoms with van der Waals surface area (Å²) in [6, 6.07) is 9.60. The summed E-state index contributed by atoms with van der Waals surface area (Å²) in [7, 11) is 0. The predicted octanol–water partition coefficient (Wildman–Crippen LogP) is 3.02. The van der Waals surface area contributed by atoms with Gasteiger partial charge in [0.25, 0.3) is 0 Å². The summed E-state index contributed by atoms with van der Waals surface area (Å²) in [5, 5.41) is 13.0. The Bertz CT molecular complexity index is 438. The molecule has 0 fully saturated rings. The van der Waals surface area contributed by atoms with E-state index in [0.29, 0.717) is 17.9 Å². The van der Waals surface area contributed by atoms with Crippen molar-refractivity contribution in [3.63, 3.8) is 0 Å². The van der Waals surface area contributed by atoms with Crippen LogP contribution in [0.5, 0.6) is 0 Å². The van der Waals surface area contributed by atoms with Gasteiger partial charge in [-0.15, -0.1) is 0 Å². The molecule has 0 aliphatic carbocycles. The molecule has 1 N–H and O–H groups in total. The summed E-state index contributed by atoms with van der Waals surface area (Å²) in [6.07, 6.45) is 0.649. The van der Waals surface area contributed by atoms with Crippen LogP contribution in [0.25, 0.3) is 11.0 Å². The monoisotopic (exact) mass is 189 g/mol. The van der Waals surface area contributed by atoms with Gasteiger partial charge in [0.2, 0.25) is 0 Å². The van der Waals surface area contributed by atoms with Crippen molar-refractivity contribution in [1.82, 2.24) is 0 Å². The van der Waals surface area contributed by atoms with E-state index in [4.69, 9.17) is 9.62 Å². The van der Waals surface area contributed by atoms with Crippen molar-refractivity contribution in [2.45, 2.75) is 13.3 Å². The summed E-state index contributed by atoms with van der Waals surface area (Å²) in [5.41, 5.74) is 1.39. The highest BCUT2D eigenvalue weighted by atomic mass is 16.4. The average Bonchev–Trinajstić information content (AvgIpc) is 2.63. The highest BCUT2D eigenvalue weighted by Crippen LogP contribution is 2.19. The molecule has 0 atom stereocenters. The van der Waals surface area contributed by atoms with Crippen LogP contribution in [0.3, 0.4) is 0 Å². The first-order valence-electron chi connectivity index (χ1n) is 4.55.